The number of fused-ring (bicyclic) bond motifs is 1. The van der Waals surface area contributed by atoms with Gasteiger partial charge < -0.3 is 9.73 Å². The van der Waals surface area contributed by atoms with Crippen LogP contribution in [0.3, 0.4) is 0 Å². The fourth-order valence-electron chi connectivity index (χ4n) is 2.70. The van der Waals surface area contributed by atoms with Crippen molar-refractivity contribution in [1.82, 2.24) is 14.8 Å². The van der Waals surface area contributed by atoms with Crippen molar-refractivity contribution in [1.29, 1.82) is 0 Å². The zero-order valence-corrected chi connectivity index (χ0v) is 13.9. The number of para-hydroxylation sites is 1. The maximum Gasteiger partial charge on any atom is 0.273 e. The summed E-state index contributed by atoms with van der Waals surface area (Å²) in [5, 5.41) is 6.84. The Balaban J connectivity index is 1.58. The molecule has 6 heteroatoms. The normalized spacial score (nSPS) is 11.0. The second kappa shape index (κ2) is 5.90. The van der Waals surface area contributed by atoms with Gasteiger partial charge >= 0.3 is 0 Å². The van der Waals surface area contributed by atoms with Crippen LogP contribution in [0.4, 0.5) is 5.69 Å². The van der Waals surface area contributed by atoms with Gasteiger partial charge in [0.2, 0.25) is 5.89 Å². The number of aromatic nitrogens is 3. The lowest BCUT2D eigenvalue weighted by Gasteiger charge is -2.05. The first-order valence-corrected chi connectivity index (χ1v) is 7.88. The standard InChI is InChI=1S/C19H16N4O2/c1-12-4-3-5-15-17(12)25-19(22-15)13-6-8-14(9-7-13)21-18(24)16-10-11-20-23(16)2/h3-11H,1-2H3,(H,21,24). The fourth-order valence-corrected chi connectivity index (χ4v) is 2.70. The fraction of sp³-hybridized carbons (Fsp3) is 0.105. The van der Waals surface area contributed by atoms with Gasteiger partial charge in [-0.1, -0.05) is 12.1 Å². The van der Waals surface area contributed by atoms with Crippen molar-refractivity contribution in [3.63, 3.8) is 0 Å². The Morgan fingerprint density at radius 3 is 2.60 bits per heavy atom. The largest absolute Gasteiger partial charge is 0.436 e. The first-order chi connectivity index (χ1) is 12.1. The van der Waals surface area contributed by atoms with E-state index in [0.717, 1.165) is 22.2 Å². The molecule has 0 saturated heterocycles. The van der Waals surface area contributed by atoms with Crippen LogP contribution < -0.4 is 5.32 Å². The lowest BCUT2D eigenvalue weighted by Crippen LogP contribution is -2.15. The third kappa shape index (κ3) is 2.78. The molecule has 0 saturated carbocycles. The highest BCUT2D eigenvalue weighted by Crippen LogP contribution is 2.27. The van der Waals surface area contributed by atoms with E-state index >= 15 is 0 Å². The van der Waals surface area contributed by atoms with Crippen LogP contribution >= 0.6 is 0 Å². The van der Waals surface area contributed by atoms with E-state index in [1.807, 2.05) is 49.4 Å². The predicted molar refractivity (Wildman–Crippen MR) is 95.3 cm³/mol. The smallest absolute Gasteiger partial charge is 0.273 e. The minimum atomic E-state index is -0.203. The summed E-state index contributed by atoms with van der Waals surface area (Å²) in [5.41, 5.74) is 4.74. The molecule has 25 heavy (non-hydrogen) atoms. The van der Waals surface area contributed by atoms with Crippen molar-refractivity contribution in [2.24, 2.45) is 7.05 Å². The number of hydrogen-bond acceptors (Lipinski definition) is 4. The van der Waals surface area contributed by atoms with E-state index in [-0.39, 0.29) is 5.91 Å². The highest BCUT2D eigenvalue weighted by atomic mass is 16.3. The molecule has 0 bridgehead atoms. The average Bonchev–Trinajstić information content (AvgIpc) is 3.22. The van der Waals surface area contributed by atoms with Crippen molar-refractivity contribution in [2.45, 2.75) is 6.92 Å². The second-order valence-corrected chi connectivity index (χ2v) is 5.81. The molecule has 2 aromatic carbocycles. The summed E-state index contributed by atoms with van der Waals surface area (Å²) in [6, 6.07) is 15.0. The number of anilines is 1. The van der Waals surface area contributed by atoms with E-state index in [9.17, 15) is 4.79 Å². The minimum absolute atomic E-state index is 0.203. The molecular weight excluding hydrogens is 316 g/mol. The van der Waals surface area contributed by atoms with Crippen LogP contribution in [0.25, 0.3) is 22.6 Å². The van der Waals surface area contributed by atoms with Gasteiger partial charge in [-0.3, -0.25) is 9.48 Å². The molecule has 1 amide bonds. The third-order valence-corrected chi connectivity index (χ3v) is 4.06. The van der Waals surface area contributed by atoms with Crippen LogP contribution in [-0.4, -0.2) is 20.7 Å². The van der Waals surface area contributed by atoms with Crippen LogP contribution in [0.15, 0.2) is 59.1 Å². The molecule has 0 atom stereocenters. The van der Waals surface area contributed by atoms with E-state index in [1.165, 1.54) is 4.68 Å². The molecule has 2 heterocycles. The number of hydrogen-bond donors (Lipinski definition) is 1. The van der Waals surface area contributed by atoms with Crippen LogP contribution in [0, 0.1) is 6.92 Å². The molecule has 1 N–H and O–H groups in total. The molecule has 0 radical (unpaired) electrons. The van der Waals surface area contributed by atoms with Crippen molar-refractivity contribution < 1.29 is 9.21 Å². The average molecular weight is 332 g/mol. The maximum atomic E-state index is 12.2. The zero-order valence-electron chi connectivity index (χ0n) is 13.9. The van der Waals surface area contributed by atoms with Gasteiger partial charge in [0.05, 0.1) is 0 Å². The number of aryl methyl sites for hydroxylation is 2. The van der Waals surface area contributed by atoms with Crippen molar-refractivity contribution >= 4 is 22.7 Å². The molecule has 0 aliphatic heterocycles. The number of carbonyl (C=O) groups excluding carboxylic acids is 1. The topological polar surface area (TPSA) is 73.0 Å². The number of carbonyl (C=O) groups is 1. The zero-order chi connectivity index (χ0) is 17.4. The van der Waals surface area contributed by atoms with Gasteiger partial charge in [0.25, 0.3) is 5.91 Å². The van der Waals surface area contributed by atoms with E-state index < -0.39 is 0 Å². The molecule has 0 aliphatic carbocycles. The van der Waals surface area contributed by atoms with E-state index in [0.29, 0.717) is 17.3 Å². The molecule has 4 aromatic rings. The molecule has 124 valence electrons. The van der Waals surface area contributed by atoms with Crippen molar-refractivity contribution in [3.8, 4) is 11.5 Å². The quantitative estimate of drug-likeness (QED) is 0.619. The monoisotopic (exact) mass is 332 g/mol. The summed E-state index contributed by atoms with van der Waals surface area (Å²) >= 11 is 0. The Labute approximate surface area is 144 Å². The Kier molecular flexibility index (Phi) is 3.57. The van der Waals surface area contributed by atoms with E-state index in [1.54, 1.807) is 19.3 Å². The van der Waals surface area contributed by atoms with Crippen LogP contribution in [0.2, 0.25) is 0 Å². The molecule has 6 nitrogen and oxygen atoms in total. The number of oxazole rings is 1. The molecular formula is C19H16N4O2. The van der Waals surface area contributed by atoms with E-state index in [4.69, 9.17) is 4.42 Å². The van der Waals surface area contributed by atoms with Crippen LogP contribution in [0.1, 0.15) is 16.1 Å². The van der Waals surface area contributed by atoms with Crippen LogP contribution in [-0.2, 0) is 7.05 Å². The van der Waals surface area contributed by atoms with Gasteiger partial charge in [-0.15, -0.1) is 0 Å². The number of nitrogens with one attached hydrogen (secondary N) is 1. The summed E-state index contributed by atoms with van der Waals surface area (Å²) in [6.45, 7) is 1.99. The minimum Gasteiger partial charge on any atom is -0.436 e. The third-order valence-electron chi connectivity index (χ3n) is 4.06. The number of rotatable bonds is 3. The molecule has 0 spiro atoms. The van der Waals surface area contributed by atoms with Crippen molar-refractivity contribution in [3.05, 3.63) is 66.0 Å². The lowest BCUT2D eigenvalue weighted by atomic mass is 10.2. The predicted octanol–water partition coefficient (Wildman–Crippen LogP) is 3.79. The second-order valence-electron chi connectivity index (χ2n) is 5.81. The number of nitrogens with zero attached hydrogens (tertiary/aromatic N) is 3. The summed E-state index contributed by atoms with van der Waals surface area (Å²) in [4.78, 5) is 16.7. The first kappa shape index (κ1) is 15.1. The first-order valence-electron chi connectivity index (χ1n) is 7.88. The van der Waals surface area contributed by atoms with E-state index in [2.05, 4.69) is 15.4 Å². The van der Waals surface area contributed by atoms with Gasteiger partial charge in [-0.25, -0.2) is 4.98 Å². The Hall–Kier alpha value is -3.41. The van der Waals surface area contributed by atoms with Gasteiger partial charge in [-0.2, -0.15) is 5.10 Å². The molecule has 0 fully saturated rings. The summed E-state index contributed by atoms with van der Waals surface area (Å²) in [5.74, 6) is 0.360. The number of amides is 1. The van der Waals surface area contributed by atoms with Gasteiger partial charge in [0, 0.05) is 24.5 Å². The molecule has 2 aromatic heterocycles. The molecule has 4 rings (SSSR count). The highest BCUT2D eigenvalue weighted by molar-refractivity contribution is 6.03. The molecule has 0 aliphatic rings. The summed E-state index contributed by atoms with van der Waals surface area (Å²) in [6.07, 6.45) is 1.59. The van der Waals surface area contributed by atoms with Gasteiger partial charge in [-0.05, 0) is 48.9 Å². The van der Waals surface area contributed by atoms with Crippen LogP contribution in [0.5, 0.6) is 0 Å². The SMILES string of the molecule is Cc1cccc2nc(-c3ccc(NC(=O)c4ccnn4C)cc3)oc12. The molecule has 0 unspecified atom stereocenters. The Morgan fingerprint density at radius 1 is 1.12 bits per heavy atom. The van der Waals surface area contributed by atoms with Gasteiger partial charge in [0.1, 0.15) is 11.2 Å². The summed E-state index contributed by atoms with van der Waals surface area (Å²) < 4.78 is 7.40. The highest BCUT2D eigenvalue weighted by Gasteiger charge is 2.12. The summed E-state index contributed by atoms with van der Waals surface area (Å²) in [7, 11) is 1.73. The van der Waals surface area contributed by atoms with Gasteiger partial charge in [0.15, 0.2) is 5.58 Å². The number of benzene rings is 2. The van der Waals surface area contributed by atoms with Crippen molar-refractivity contribution in [2.75, 3.05) is 5.32 Å². The Morgan fingerprint density at radius 2 is 1.92 bits per heavy atom. The Bertz CT molecular complexity index is 1060. The lowest BCUT2D eigenvalue weighted by molar-refractivity contribution is 0.101. The maximum absolute atomic E-state index is 12.2.